The van der Waals surface area contributed by atoms with Crippen LogP contribution >= 0.6 is 0 Å². The van der Waals surface area contributed by atoms with Crippen molar-refractivity contribution < 1.29 is 8.78 Å². The second kappa shape index (κ2) is 7.34. The number of hydrogen-bond acceptors (Lipinski definition) is 0. The average Bonchev–Trinajstić information content (AvgIpc) is 2.68. The lowest BCUT2D eigenvalue weighted by Crippen LogP contribution is -2.17. The molecule has 0 bridgehead atoms. The Bertz CT molecular complexity index is 809. The van der Waals surface area contributed by atoms with Crippen molar-refractivity contribution in [1.82, 2.24) is 0 Å². The Balaban J connectivity index is 1.59. The van der Waals surface area contributed by atoms with Gasteiger partial charge in [-0.15, -0.1) is 0 Å². The van der Waals surface area contributed by atoms with Gasteiger partial charge in [0, 0.05) is 5.56 Å². The Kier molecular flexibility index (Phi) is 4.93. The first kappa shape index (κ1) is 17.5. The molecule has 0 aromatic heterocycles. The van der Waals surface area contributed by atoms with E-state index in [-0.39, 0.29) is 11.6 Å². The van der Waals surface area contributed by atoms with Gasteiger partial charge in [0.1, 0.15) is 11.6 Å². The third-order valence-electron chi connectivity index (χ3n) is 6.36. The van der Waals surface area contributed by atoms with E-state index in [1.54, 1.807) is 18.2 Å². The van der Waals surface area contributed by atoms with E-state index in [2.05, 4.69) is 13.0 Å². The van der Waals surface area contributed by atoms with Crippen molar-refractivity contribution in [3.8, 4) is 11.1 Å². The SMILES string of the molecule is CCC1CCC(C2=Cc3cc(F)c(-c4ccc(F)cc4)cc3CC2)CC1. The van der Waals surface area contributed by atoms with Crippen molar-refractivity contribution in [3.63, 3.8) is 0 Å². The van der Waals surface area contributed by atoms with E-state index in [9.17, 15) is 8.78 Å². The summed E-state index contributed by atoms with van der Waals surface area (Å²) < 4.78 is 27.8. The van der Waals surface area contributed by atoms with Crippen molar-refractivity contribution in [2.75, 3.05) is 0 Å². The smallest absolute Gasteiger partial charge is 0.131 e. The summed E-state index contributed by atoms with van der Waals surface area (Å²) in [6.45, 7) is 2.29. The number of allylic oxidation sites excluding steroid dienone is 1. The van der Waals surface area contributed by atoms with Gasteiger partial charge in [-0.3, -0.25) is 0 Å². The molecular formula is C24H26F2. The van der Waals surface area contributed by atoms with Crippen LogP contribution in [0.15, 0.2) is 42.0 Å². The number of fused-ring (bicyclic) bond motifs is 1. The molecule has 4 rings (SSSR count). The summed E-state index contributed by atoms with van der Waals surface area (Å²) in [7, 11) is 0. The molecule has 0 heterocycles. The van der Waals surface area contributed by atoms with Gasteiger partial charge in [0.15, 0.2) is 0 Å². The highest BCUT2D eigenvalue weighted by Crippen LogP contribution is 2.40. The summed E-state index contributed by atoms with van der Waals surface area (Å²) in [6.07, 6.45) is 10.9. The molecule has 136 valence electrons. The average molecular weight is 352 g/mol. The number of rotatable bonds is 3. The number of benzene rings is 2. The highest BCUT2D eigenvalue weighted by atomic mass is 19.1. The summed E-state index contributed by atoms with van der Waals surface area (Å²) in [6, 6.07) is 9.70. The predicted octanol–water partition coefficient (Wildman–Crippen LogP) is 7.18. The molecule has 0 N–H and O–H groups in total. The zero-order chi connectivity index (χ0) is 18.1. The van der Waals surface area contributed by atoms with Gasteiger partial charge in [-0.25, -0.2) is 8.78 Å². The third kappa shape index (κ3) is 3.47. The fraction of sp³-hybridized carbons (Fsp3) is 0.417. The molecule has 26 heavy (non-hydrogen) atoms. The van der Waals surface area contributed by atoms with Crippen molar-refractivity contribution in [1.29, 1.82) is 0 Å². The number of aryl methyl sites for hydroxylation is 1. The minimum absolute atomic E-state index is 0.220. The predicted molar refractivity (Wildman–Crippen MR) is 104 cm³/mol. The van der Waals surface area contributed by atoms with E-state index in [1.807, 2.05) is 6.07 Å². The van der Waals surface area contributed by atoms with Gasteiger partial charge in [0.2, 0.25) is 0 Å². The maximum atomic E-state index is 14.7. The van der Waals surface area contributed by atoms with Crippen LogP contribution in [0.5, 0.6) is 0 Å². The third-order valence-corrected chi connectivity index (χ3v) is 6.36. The van der Waals surface area contributed by atoms with E-state index >= 15 is 0 Å². The van der Waals surface area contributed by atoms with Crippen LogP contribution in [0, 0.1) is 23.5 Å². The lowest BCUT2D eigenvalue weighted by atomic mass is 9.74. The van der Waals surface area contributed by atoms with Crippen molar-refractivity contribution >= 4 is 6.08 Å². The lowest BCUT2D eigenvalue weighted by molar-refractivity contribution is 0.292. The van der Waals surface area contributed by atoms with Crippen molar-refractivity contribution in [2.45, 2.75) is 51.9 Å². The maximum Gasteiger partial charge on any atom is 0.131 e. The summed E-state index contributed by atoms with van der Waals surface area (Å²) in [5.74, 6) is 1.07. The van der Waals surface area contributed by atoms with Gasteiger partial charge in [-0.2, -0.15) is 0 Å². The van der Waals surface area contributed by atoms with Crippen molar-refractivity contribution in [2.24, 2.45) is 11.8 Å². The van der Waals surface area contributed by atoms with Crippen LogP contribution in [0.1, 0.15) is 56.6 Å². The van der Waals surface area contributed by atoms with Gasteiger partial charge in [0.25, 0.3) is 0 Å². The summed E-state index contributed by atoms with van der Waals surface area (Å²) in [5, 5.41) is 0. The first-order valence-electron chi connectivity index (χ1n) is 9.93. The minimum atomic E-state index is -0.294. The largest absolute Gasteiger partial charge is 0.207 e. The maximum absolute atomic E-state index is 14.7. The molecule has 0 saturated heterocycles. The molecule has 0 spiro atoms. The van der Waals surface area contributed by atoms with E-state index in [4.69, 9.17) is 0 Å². The standard InChI is InChI=1S/C24H26F2/c1-2-16-3-5-17(6-4-16)19-7-8-20-14-23(24(26)15-21(20)13-19)18-9-11-22(25)12-10-18/h9-17H,2-8H2,1H3. The normalized spacial score (nSPS) is 22.7. The molecule has 2 aromatic rings. The molecule has 2 aliphatic carbocycles. The fourth-order valence-electron chi connectivity index (χ4n) is 4.65. The van der Waals surface area contributed by atoms with Crippen molar-refractivity contribution in [3.05, 3.63) is 64.7 Å². The molecule has 0 atom stereocenters. The Labute approximate surface area is 154 Å². The van der Waals surface area contributed by atoms with E-state index in [1.165, 1.54) is 55.4 Å². The van der Waals surface area contributed by atoms with Crippen LogP contribution in [-0.4, -0.2) is 0 Å². The Morgan fingerprint density at radius 1 is 0.923 bits per heavy atom. The quantitative estimate of drug-likeness (QED) is 0.549. The highest BCUT2D eigenvalue weighted by Gasteiger charge is 2.25. The molecule has 0 amide bonds. The zero-order valence-corrected chi connectivity index (χ0v) is 15.4. The number of halogens is 2. The fourth-order valence-corrected chi connectivity index (χ4v) is 4.65. The lowest BCUT2D eigenvalue weighted by Gasteiger charge is -2.31. The molecule has 0 unspecified atom stereocenters. The van der Waals surface area contributed by atoms with Gasteiger partial charge < -0.3 is 0 Å². The summed E-state index contributed by atoms with van der Waals surface area (Å²) >= 11 is 0. The van der Waals surface area contributed by atoms with E-state index < -0.39 is 0 Å². The first-order chi connectivity index (χ1) is 12.6. The van der Waals surface area contributed by atoms with Gasteiger partial charge >= 0.3 is 0 Å². The molecule has 2 aromatic carbocycles. The zero-order valence-electron chi connectivity index (χ0n) is 15.4. The van der Waals surface area contributed by atoms with Crippen LogP contribution in [-0.2, 0) is 6.42 Å². The molecule has 0 nitrogen and oxygen atoms in total. The van der Waals surface area contributed by atoms with Gasteiger partial charge in [0.05, 0.1) is 0 Å². The van der Waals surface area contributed by atoms with E-state index in [0.717, 1.165) is 29.9 Å². The topological polar surface area (TPSA) is 0 Å². The van der Waals surface area contributed by atoms with Gasteiger partial charge in [-0.1, -0.05) is 37.1 Å². The Morgan fingerprint density at radius 3 is 2.35 bits per heavy atom. The molecule has 0 radical (unpaired) electrons. The molecule has 1 saturated carbocycles. The summed E-state index contributed by atoms with van der Waals surface area (Å²) in [4.78, 5) is 0. The molecule has 2 heteroatoms. The second-order valence-corrected chi connectivity index (χ2v) is 7.88. The minimum Gasteiger partial charge on any atom is -0.207 e. The van der Waals surface area contributed by atoms with Crippen LogP contribution in [0.25, 0.3) is 17.2 Å². The molecule has 2 aliphatic rings. The second-order valence-electron chi connectivity index (χ2n) is 7.88. The Hall–Kier alpha value is -1.96. The molecular weight excluding hydrogens is 326 g/mol. The molecule has 1 fully saturated rings. The highest BCUT2D eigenvalue weighted by molar-refractivity contribution is 5.70. The monoisotopic (exact) mass is 352 g/mol. The number of hydrogen-bond donors (Lipinski definition) is 0. The van der Waals surface area contributed by atoms with E-state index in [0.29, 0.717) is 11.5 Å². The summed E-state index contributed by atoms with van der Waals surface area (Å²) in [5.41, 5.74) is 5.06. The molecule has 0 aliphatic heterocycles. The Morgan fingerprint density at radius 2 is 1.65 bits per heavy atom. The van der Waals surface area contributed by atoms with Crippen LogP contribution in [0.3, 0.4) is 0 Å². The van der Waals surface area contributed by atoms with Crippen LogP contribution in [0.2, 0.25) is 0 Å². The van der Waals surface area contributed by atoms with Crippen LogP contribution < -0.4 is 0 Å². The van der Waals surface area contributed by atoms with Crippen LogP contribution in [0.4, 0.5) is 8.78 Å². The van der Waals surface area contributed by atoms with Gasteiger partial charge in [-0.05, 0) is 91.3 Å². The first-order valence-corrected chi connectivity index (χ1v) is 9.93.